The number of carbonyl (C=O) groups is 3. The van der Waals surface area contributed by atoms with Gasteiger partial charge in [-0.05, 0) is 42.1 Å². The van der Waals surface area contributed by atoms with Crippen LogP contribution in [0.5, 0.6) is 0 Å². The highest BCUT2D eigenvalue weighted by molar-refractivity contribution is 7.86. The number of aromatic amines is 1. The number of anilines is 4. The van der Waals surface area contributed by atoms with Crippen LogP contribution < -0.4 is 32.6 Å². The maximum Gasteiger partial charge on any atom is 0.328 e. The molecule has 16 nitrogen and oxygen atoms in total. The predicted molar refractivity (Wildman–Crippen MR) is 178 cm³/mol. The molecule has 17 heteroatoms. The van der Waals surface area contributed by atoms with Crippen LogP contribution in [0.3, 0.4) is 0 Å². The summed E-state index contributed by atoms with van der Waals surface area (Å²) in [5.41, 5.74) is 6.61. The molecule has 0 fully saturated rings. The van der Waals surface area contributed by atoms with Gasteiger partial charge in [-0.3, -0.25) is 23.9 Å². The van der Waals surface area contributed by atoms with Gasteiger partial charge in [0.15, 0.2) is 5.82 Å². The van der Waals surface area contributed by atoms with Crippen LogP contribution in [0.2, 0.25) is 0 Å². The number of hydrogen-bond acceptors (Lipinski definition) is 13. The number of ether oxygens (including phenoxy) is 2. The first-order valence-electron chi connectivity index (χ1n) is 14.5. The van der Waals surface area contributed by atoms with Crippen LogP contribution >= 0.6 is 0 Å². The molecule has 1 aromatic heterocycles. The zero-order chi connectivity index (χ0) is 34.8. The zero-order valence-electron chi connectivity index (χ0n) is 26.0. The maximum atomic E-state index is 12.6. The van der Waals surface area contributed by atoms with Crippen molar-refractivity contribution < 1.29 is 36.8 Å². The van der Waals surface area contributed by atoms with Crippen molar-refractivity contribution in [1.29, 1.82) is 0 Å². The highest BCUT2D eigenvalue weighted by Crippen LogP contribution is 2.22. The van der Waals surface area contributed by atoms with Gasteiger partial charge in [-0.25, -0.2) is 4.79 Å². The number of nitrogens with zero attached hydrogens (tertiary/aromatic N) is 1. The van der Waals surface area contributed by atoms with Crippen LogP contribution in [0.4, 0.5) is 23.1 Å². The first-order chi connectivity index (χ1) is 22.9. The van der Waals surface area contributed by atoms with Gasteiger partial charge in [0, 0.05) is 36.1 Å². The molecule has 1 amide bonds. The minimum absolute atomic E-state index is 0.0384. The number of benzene rings is 3. The van der Waals surface area contributed by atoms with E-state index < -0.39 is 34.0 Å². The second-order valence-corrected chi connectivity index (χ2v) is 11.9. The Morgan fingerprint density at radius 3 is 2.44 bits per heavy atom. The third-order valence-corrected chi connectivity index (χ3v) is 8.10. The number of amides is 1. The molecule has 1 aliphatic rings. The summed E-state index contributed by atoms with van der Waals surface area (Å²) in [6.45, 7) is 1.01. The number of nitrogens with one attached hydrogen (secondary N) is 5. The lowest BCUT2D eigenvalue weighted by Gasteiger charge is -2.27. The molecule has 2 heterocycles. The molecule has 5 rings (SSSR count). The molecule has 2 atom stereocenters. The average Bonchev–Trinajstić information content (AvgIpc) is 3.08. The summed E-state index contributed by atoms with van der Waals surface area (Å²) in [4.78, 5) is 54.4. The Morgan fingerprint density at radius 1 is 1.04 bits per heavy atom. The van der Waals surface area contributed by atoms with Crippen LogP contribution in [-0.2, 0) is 29.2 Å². The summed E-state index contributed by atoms with van der Waals surface area (Å²) in [7, 11) is -1.68. The summed E-state index contributed by atoms with van der Waals surface area (Å²) in [6, 6.07) is 17.4. The third-order valence-electron chi connectivity index (χ3n) is 7.19. The van der Waals surface area contributed by atoms with Crippen LogP contribution in [-0.4, -0.2) is 80.2 Å². The van der Waals surface area contributed by atoms with E-state index in [4.69, 9.17) is 15.0 Å². The van der Waals surface area contributed by atoms with Crippen molar-refractivity contribution in [2.45, 2.75) is 29.8 Å². The minimum atomic E-state index is -4.13. The van der Waals surface area contributed by atoms with E-state index in [1.54, 1.807) is 54.6 Å². The monoisotopic (exact) mass is 681 g/mol. The van der Waals surface area contributed by atoms with Crippen molar-refractivity contribution in [3.63, 3.8) is 0 Å². The first-order valence-corrected chi connectivity index (χ1v) is 16.0. The molecule has 4 aromatic rings. The Balaban J connectivity index is 0.000000307. The largest absolute Gasteiger partial charge is 0.469 e. The standard InChI is InChI=1S/C21H27N7O6.C10H8O3S/c1-33-15(29)8-7-14(20(32)34-2)26-18(30)11-3-5-12(6-4-11)23-9-13-10-24-17-16(25-13)19(31)28-21(22)27-17;11-14(12,13)10-7-3-5-8-4-1-2-6-9(8)10/h3-6,13-14,23,25H,7-10H2,1-2H3,(H,26,30)(H4,22,24,27,28,31);1-7H,(H,11,12,13). The lowest BCUT2D eigenvalue weighted by molar-refractivity contribution is -0.144. The van der Waals surface area contributed by atoms with Gasteiger partial charge in [-0.1, -0.05) is 36.4 Å². The van der Waals surface area contributed by atoms with E-state index in [1.807, 2.05) is 6.07 Å². The van der Waals surface area contributed by atoms with Crippen molar-refractivity contribution >= 4 is 61.9 Å². The molecular weight excluding hydrogens is 646 g/mol. The minimum Gasteiger partial charge on any atom is -0.469 e. The summed E-state index contributed by atoms with van der Waals surface area (Å²) in [5.74, 6) is -1.17. The number of rotatable bonds is 10. The fraction of sp³-hybridized carbons (Fsp3) is 0.258. The van der Waals surface area contributed by atoms with E-state index in [2.05, 4.69) is 36.0 Å². The maximum absolute atomic E-state index is 12.6. The van der Waals surface area contributed by atoms with E-state index >= 15 is 0 Å². The predicted octanol–water partition coefficient (Wildman–Crippen LogP) is 1.98. The molecule has 48 heavy (non-hydrogen) atoms. The number of fused-ring (bicyclic) bond motifs is 2. The van der Waals surface area contributed by atoms with Crippen molar-refractivity contribution in [2.24, 2.45) is 0 Å². The zero-order valence-corrected chi connectivity index (χ0v) is 26.8. The Bertz CT molecular complexity index is 1950. The number of esters is 2. The van der Waals surface area contributed by atoms with E-state index in [9.17, 15) is 27.6 Å². The third kappa shape index (κ3) is 9.20. The number of nitrogens with two attached hydrogens (primary N) is 1. The van der Waals surface area contributed by atoms with Gasteiger partial charge < -0.3 is 36.5 Å². The van der Waals surface area contributed by atoms with E-state index in [0.29, 0.717) is 35.5 Å². The van der Waals surface area contributed by atoms with Crippen molar-refractivity contribution in [1.82, 2.24) is 15.3 Å². The van der Waals surface area contributed by atoms with Gasteiger partial charge in [0.2, 0.25) is 5.95 Å². The number of nitrogen functional groups attached to an aromatic ring is 1. The molecule has 0 aliphatic carbocycles. The summed E-state index contributed by atoms with van der Waals surface area (Å²) in [6.07, 6.45) is 0.0183. The van der Waals surface area contributed by atoms with Crippen molar-refractivity contribution in [3.05, 3.63) is 82.6 Å². The topological polar surface area (TPSA) is 244 Å². The van der Waals surface area contributed by atoms with Crippen LogP contribution in [0.1, 0.15) is 23.2 Å². The normalized spacial score (nSPS) is 14.1. The smallest absolute Gasteiger partial charge is 0.328 e. The van der Waals surface area contributed by atoms with E-state index in [0.717, 1.165) is 11.1 Å². The molecular formula is C31H35N7O9S. The second-order valence-electron chi connectivity index (χ2n) is 10.5. The van der Waals surface area contributed by atoms with Crippen LogP contribution in [0, 0.1) is 0 Å². The van der Waals surface area contributed by atoms with Crippen LogP contribution in [0.15, 0.2) is 76.4 Å². The Kier molecular flexibility index (Phi) is 11.5. The van der Waals surface area contributed by atoms with Crippen molar-refractivity contribution in [3.8, 4) is 0 Å². The molecule has 8 N–H and O–H groups in total. The molecule has 254 valence electrons. The van der Waals surface area contributed by atoms with Gasteiger partial charge >= 0.3 is 11.9 Å². The van der Waals surface area contributed by atoms with Gasteiger partial charge in [0.25, 0.3) is 21.6 Å². The second kappa shape index (κ2) is 15.7. The van der Waals surface area contributed by atoms with E-state index in [1.165, 1.54) is 20.3 Å². The van der Waals surface area contributed by atoms with Gasteiger partial charge in [-0.15, -0.1) is 0 Å². The van der Waals surface area contributed by atoms with E-state index in [-0.39, 0.29) is 35.3 Å². The first kappa shape index (κ1) is 35.2. The van der Waals surface area contributed by atoms with Crippen molar-refractivity contribution in [2.75, 3.05) is 49.0 Å². The van der Waals surface area contributed by atoms with Gasteiger partial charge in [0.05, 0.1) is 20.3 Å². The fourth-order valence-electron chi connectivity index (χ4n) is 4.75. The summed E-state index contributed by atoms with van der Waals surface area (Å²) < 4.78 is 40.2. The highest BCUT2D eigenvalue weighted by Gasteiger charge is 2.24. The number of methoxy groups -OCH3 is 2. The fourth-order valence-corrected chi connectivity index (χ4v) is 5.46. The molecule has 0 spiro atoms. The number of hydrogen-bond donors (Lipinski definition) is 7. The molecule has 0 saturated heterocycles. The number of aromatic nitrogens is 2. The lowest BCUT2D eigenvalue weighted by Crippen LogP contribution is -2.42. The molecule has 0 radical (unpaired) electrons. The van der Waals surface area contributed by atoms with Gasteiger partial charge in [-0.2, -0.15) is 13.4 Å². The highest BCUT2D eigenvalue weighted by atomic mass is 32.2. The average molecular weight is 682 g/mol. The van der Waals surface area contributed by atoms with Gasteiger partial charge in [0.1, 0.15) is 16.6 Å². The molecule has 0 bridgehead atoms. The Hall–Kier alpha value is -5.68. The molecule has 1 aliphatic heterocycles. The molecule has 0 saturated carbocycles. The molecule has 2 unspecified atom stereocenters. The Labute approximate surface area is 275 Å². The quantitative estimate of drug-likeness (QED) is 0.0935. The lowest BCUT2D eigenvalue weighted by atomic mass is 10.1. The Morgan fingerprint density at radius 2 is 1.75 bits per heavy atom. The SMILES string of the molecule is COC(=O)CCC(NC(=O)c1ccc(NCC2CNc3nc(N)[nH]c(=O)c3N2)cc1)C(=O)OC.O=S(=O)(O)c1cccc2ccccc12. The number of carbonyl (C=O) groups excluding carboxylic acids is 3. The summed E-state index contributed by atoms with van der Waals surface area (Å²) in [5, 5.41) is 13.3. The summed E-state index contributed by atoms with van der Waals surface area (Å²) >= 11 is 0. The van der Waals surface area contributed by atoms with Crippen LogP contribution in [0.25, 0.3) is 10.8 Å². The number of H-pyrrole nitrogens is 1. The molecule has 3 aromatic carbocycles.